The molecule has 0 N–H and O–H groups in total. The minimum absolute atomic E-state index is 0.169. The number of hydrogen-bond acceptors (Lipinski definition) is 8. The molecule has 0 saturated heterocycles. The first-order valence-corrected chi connectivity index (χ1v) is 17.7. The topological polar surface area (TPSA) is 88.4 Å². The molecular formula is C32H26BrClI2N2O6S. The van der Waals surface area contributed by atoms with E-state index >= 15 is 0 Å². The van der Waals surface area contributed by atoms with E-state index in [1.54, 1.807) is 39.2 Å². The van der Waals surface area contributed by atoms with Crippen LogP contribution in [-0.2, 0) is 16.1 Å². The molecule has 0 bridgehead atoms. The maximum atomic E-state index is 14.3. The molecule has 0 fully saturated rings. The van der Waals surface area contributed by atoms with Gasteiger partial charge in [-0.05, 0) is 101 Å². The number of carbonyl (C=O) groups is 1. The summed E-state index contributed by atoms with van der Waals surface area (Å²) in [6.45, 7) is 3.90. The highest BCUT2D eigenvalue weighted by Crippen LogP contribution is 2.41. The van der Waals surface area contributed by atoms with E-state index < -0.39 is 12.0 Å². The first-order valence-electron chi connectivity index (χ1n) is 13.5. The molecule has 0 amide bonds. The third-order valence-corrected chi connectivity index (χ3v) is 10.4. The van der Waals surface area contributed by atoms with Gasteiger partial charge in [0.15, 0.2) is 16.3 Å². The van der Waals surface area contributed by atoms with Gasteiger partial charge in [-0.15, -0.1) is 0 Å². The molecule has 5 rings (SSSR count). The van der Waals surface area contributed by atoms with Gasteiger partial charge in [0.2, 0.25) is 0 Å². The Hall–Kier alpha value is -2.40. The maximum absolute atomic E-state index is 14.3. The van der Waals surface area contributed by atoms with Crippen molar-refractivity contribution in [1.82, 2.24) is 4.57 Å². The number of esters is 1. The van der Waals surface area contributed by atoms with Gasteiger partial charge in [-0.25, -0.2) is 9.79 Å². The monoisotopic (exact) mass is 934 g/mol. The highest BCUT2D eigenvalue weighted by atomic mass is 127. The highest BCUT2D eigenvalue weighted by molar-refractivity contribution is 14.1. The summed E-state index contributed by atoms with van der Waals surface area (Å²) in [5.41, 5.74) is 2.60. The second-order valence-corrected chi connectivity index (χ2v) is 14.4. The minimum Gasteiger partial charge on any atom is -0.493 e. The molecule has 4 aromatic rings. The van der Waals surface area contributed by atoms with E-state index in [9.17, 15) is 9.59 Å². The molecule has 1 aliphatic heterocycles. The molecule has 0 aliphatic carbocycles. The fourth-order valence-electron chi connectivity index (χ4n) is 4.91. The average Bonchev–Trinajstić information content (AvgIpc) is 3.30. The smallest absolute Gasteiger partial charge is 0.338 e. The number of carbonyl (C=O) groups excluding carboxylic acids is 1. The van der Waals surface area contributed by atoms with Gasteiger partial charge in [-0.3, -0.25) is 9.36 Å². The Morgan fingerprint density at radius 2 is 1.84 bits per heavy atom. The van der Waals surface area contributed by atoms with Crippen LogP contribution >= 0.6 is 84.0 Å². The summed E-state index contributed by atoms with van der Waals surface area (Å²) in [4.78, 5) is 32.8. The third kappa shape index (κ3) is 6.99. The molecule has 0 saturated carbocycles. The second-order valence-electron chi connectivity index (χ2n) is 9.72. The van der Waals surface area contributed by atoms with Gasteiger partial charge >= 0.3 is 5.97 Å². The van der Waals surface area contributed by atoms with Crippen molar-refractivity contribution in [2.45, 2.75) is 26.5 Å². The summed E-state index contributed by atoms with van der Waals surface area (Å²) >= 11 is 15.7. The van der Waals surface area contributed by atoms with Crippen LogP contribution in [0.4, 0.5) is 0 Å². The predicted molar refractivity (Wildman–Crippen MR) is 195 cm³/mol. The number of ether oxygens (including phenoxy) is 4. The van der Waals surface area contributed by atoms with Crippen LogP contribution in [0.15, 0.2) is 74.1 Å². The van der Waals surface area contributed by atoms with Crippen LogP contribution in [0, 0.1) is 7.14 Å². The van der Waals surface area contributed by atoms with E-state index in [1.807, 2.05) is 36.4 Å². The Bertz CT molecular complexity index is 2030. The van der Waals surface area contributed by atoms with E-state index in [1.165, 1.54) is 23.0 Å². The maximum Gasteiger partial charge on any atom is 0.338 e. The number of methoxy groups -OCH3 is 2. The number of allylic oxidation sites excluding steroid dienone is 1. The highest BCUT2D eigenvalue weighted by Gasteiger charge is 2.35. The molecule has 0 radical (unpaired) electrons. The lowest BCUT2D eigenvalue weighted by Crippen LogP contribution is -2.40. The van der Waals surface area contributed by atoms with E-state index in [0.29, 0.717) is 47.3 Å². The van der Waals surface area contributed by atoms with Crippen LogP contribution in [-0.4, -0.2) is 31.4 Å². The van der Waals surface area contributed by atoms with Gasteiger partial charge in [0, 0.05) is 24.2 Å². The van der Waals surface area contributed by atoms with Crippen molar-refractivity contribution in [3.63, 3.8) is 0 Å². The number of fused-ring (bicyclic) bond motifs is 1. The van der Waals surface area contributed by atoms with E-state index in [4.69, 9.17) is 35.5 Å². The Morgan fingerprint density at radius 3 is 2.53 bits per heavy atom. The van der Waals surface area contributed by atoms with Crippen LogP contribution in [0.1, 0.15) is 36.6 Å². The summed E-state index contributed by atoms with van der Waals surface area (Å²) in [5.74, 6) is 1.02. The third-order valence-electron chi connectivity index (χ3n) is 6.97. The summed E-state index contributed by atoms with van der Waals surface area (Å²) < 4.78 is 27.2. The summed E-state index contributed by atoms with van der Waals surface area (Å²) in [7, 11) is 3.07. The molecule has 45 heavy (non-hydrogen) atoms. The molecule has 8 nitrogen and oxygen atoms in total. The zero-order valence-electron chi connectivity index (χ0n) is 24.5. The zero-order valence-corrected chi connectivity index (χ0v) is 31.9. The number of hydrogen-bond donors (Lipinski definition) is 0. The average molecular weight is 936 g/mol. The van der Waals surface area contributed by atoms with Gasteiger partial charge in [0.1, 0.15) is 12.4 Å². The van der Waals surface area contributed by atoms with E-state index in [0.717, 1.165) is 18.3 Å². The minimum atomic E-state index is -0.844. The second kappa shape index (κ2) is 14.6. The van der Waals surface area contributed by atoms with Crippen molar-refractivity contribution < 1.29 is 23.7 Å². The molecular weight excluding hydrogens is 910 g/mol. The molecule has 0 unspecified atom stereocenters. The molecule has 13 heteroatoms. The summed E-state index contributed by atoms with van der Waals surface area (Å²) in [5, 5.41) is 0.613. The Balaban J connectivity index is 1.70. The fourth-order valence-corrected chi connectivity index (χ4v) is 8.72. The van der Waals surface area contributed by atoms with E-state index in [-0.39, 0.29) is 24.3 Å². The number of benzene rings is 3. The summed E-state index contributed by atoms with van der Waals surface area (Å²) in [6, 6.07) is 14.1. The molecule has 234 valence electrons. The van der Waals surface area contributed by atoms with Gasteiger partial charge in [-0.1, -0.05) is 57.1 Å². The fraction of sp³-hybridized carbons (Fsp3) is 0.219. The Labute approximate surface area is 304 Å². The van der Waals surface area contributed by atoms with Gasteiger partial charge in [0.05, 0.1) is 46.2 Å². The molecule has 3 aromatic carbocycles. The van der Waals surface area contributed by atoms with Crippen molar-refractivity contribution in [3.8, 4) is 17.2 Å². The first kappa shape index (κ1) is 33.9. The number of rotatable bonds is 9. The molecule has 1 aliphatic rings. The molecule has 0 spiro atoms. The number of halogens is 4. The van der Waals surface area contributed by atoms with Crippen molar-refractivity contribution >= 4 is 96.1 Å². The predicted octanol–water partition coefficient (Wildman–Crippen LogP) is 7.02. The van der Waals surface area contributed by atoms with Gasteiger partial charge in [-0.2, -0.15) is 0 Å². The standard InChI is InChI=1S/C32H26BrClI2N2O6S/c1-5-43-31(40)27-16(2)37-32-38(28(27)20-13-24(41-3)25(42-4)14-21(20)33)30(39)26(45-32)11-18-10-19(35)12-23(36)29(18)44-15-17-8-6-7-9-22(17)34/h6-14,28H,5,15H2,1-4H3/b26-11-/t28-/m1/s1. The van der Waals surface area contributed by atoms with Gasteiger partial charge in [0.25, 0.3) is 5.56 Å². The number of nitrogens with zero attached hydrogens (tertiary/aromatic N) is 2. The Kier molecular flexibility index (Phi) is 11.0. The van der Waals surface area contributed by atoms with Crippen molar-refractivity contribution in [3.05, 3.63) is 113 Å². The van der Waals surface area contributed by atoms with Gasteiger partial charge < -0.3 is 18.9 Å². The van der Waals surface area contributed by atoms with Crippen LogP contribution in [0.25, 0.3) is 6.08 Å². The Morgan fingerprint density at radius 1 is 1.13 bits per heavy atom. The van der Waals surface area contributed by atoms with Crippen LogP contribution in [0.2, 0.25) is 5.02 Å². The van der Waals surface area contributed by atoms with Crippen molar-refractivity contribution in [1.29, 1.82) is 0 Å². The zero-order chi connectivity index (χ0) is 32.4. The van der Waals surface area contributed by atoms with Crippen LogP contribution < -0.4 is 29.1 Å². The lowest BCUT2D eigenvalue weighted by atomic mass is 9.95. The first-order chi connectivity index (χ1) is 21.6. The lowest BCUT2D eigenvalue weighted by molar-refractivity contribution is -0.139. The normalized spacial score (nSPS) is 14.6. The van der Waals surface area contributed by atoms with Crippen LogP contribution in [0.3, 0.4) is 0 Å². The van der Waals surface area contributed by atoms with Crippen molar-refractivity contribution in [2.75, 3.05) is 20.8 Å². The molecule has 1 aromatic heterocycles. The lowest BCUT2D eigenvalue weighted by Gasteiger charge is -2.26. The molecule has 2 heterocycles. The largest absolute Gasteiger partial charge is 0.493 e. The van der Waals surface area contributed by atoms with E-state index in [2.05, 4.69) is 61.1 Å². The number of thiazole rings is 1. The van der Waals surface area contributed by atoms with Crippen LogP contribution in [0.5, 0.6) is 17.2 Å². The quantitative estimate of drug-likeness (QED) is 0.133. The summed E-state index contributed by atoms with van der Waals surface area (Å²) in [6.07, 6.45) is 1.81. The van der Waals surface area contributed by atoms with Crippen molar-refractivity contribution in [2.24, 2.45) is 4.99 Å². The molecule has 1 atom stereocenters. The SMILES string of the molecule is CCOC(=O)C1=C(C)N=c2s/c(=C\c3cc(I)cc(I)c3OCc3ccccc3Cl)c(=O)n2[C@@H]1c1cc(OC)c(OC)cc1Br. The number of aromatic nitrogens is 1.